The molecule has 0 saturated heterocycles. The fourth-order valence-corrected chi connectivity index (χ4v) is 4.20. The molecule has 1 aromatic carbocycles. The summed E-state index contributed by atoms with van der Waals surface area (Å²) in [7, 11) is 3.84. The molecule has 1 aliphatic heterocycles. The van der Waals surface area contributed by atoms with Crippen LogP contribution in [0.1, 0.15) is 61.3 Å². The summed E-state index contributed by atoms with van der Waals surface area (Å²) in [6.07, 6.45) is -4.50. The lowest BCUT2D eigenvalue weighted by Crippen LogP contribution is -2.44. The number of hydrogen-bond acceptors (Lipinski definition) is 5. The van der Waals surface area contributed by atoms with Crippen LogP contribution in [-0.2, 0) is 23.0 Å². The molecule has 1 aromatic heterocycles. The third-order valence-electron chi connectivity index (χ3n) is 5.97. The Labute approximate surface area is 202 Å². The van der Waals surface area contributed by atoms with E-state index >= 15 is 0 Å². The van der Waals surface area contributed by atoms with Crippen molar-refractivity contribution in [3.05, 3.63) is 46.6 Å². The van der Waals surface area contributed by atoms with E-state index in [9.17, 15) is 22.8 Å². The number of rotatable bonds is 7. The van der Waals surface area contributed by atoms with Gasteiger partial charge in [-0.05, 0) is 64.5 Å². The lowest BCUT2D eigenvalue weighted by molar-refractivity contribution is -0.137. The van der Waals surface area contributed by atoms with E-state index in [0.717, 1.165) is 30.7 Å². The van der Waals surface area contributed by atoms with Gasteiger partial charge in [0.1, 0.15) is 6.10 Å². The molecule has 8 nitrogen and oxygen atoms in total. The summed E-state index contributed by atoms with van der Waals surface area (Å²) < 4.78 is 44.2. The van der Waals surface area contributed by atoms with E-state index in [2.05, 4.69) is 29.4 Å². The van der Waals surface area contributed by atoms with Gasteiger partial charge >= 0.3 is 12.3 Å². The van der Waals surface area contributed by atoms with E-state index in [0.29, 0.717) is 23.7 Å². The number of benzene rings is 1. The molecule has 2 N–H and O–H groups in total. The molecule has 192 valence electrons. The number of aromatic nitrogens is 2. The number of fused-ring (bicyclic) bond motifs is 1. The molecule has 11 heteroatoms. The molecule has 0 spiro atoms. The third-order valence-corrected chi connectivity index (χ3v) is 5.97. The Morgan fingerprint density at radius 2 is 1.86 bits per heavy atom. The van der Waals surface area contributed by atoms with Crippen molar-refractivity contribution in [3.63, 3.8) is 0 Å². The first-order chi connectivity index (χ1) is 16.2. The van der Waals surface area contributed by atoms with Crippen LogP contribution in [0.2, 0.25) is 0 Å². The Morgan fingerprint density at radius 3 is 2.40 bits per heavy atom. The maximum absolute atomic E-state index is 13.1. The average Bonchev–Trinajstić information content (AvgIpc) is 3.24. The predicted molar refractivity (Wildman–Crippen MR) is 125 cm³/mol. The van der Waals surface area contributed by atoms with Crippen molar-refractivity contribution >= 4 is 17.8 Å². The minimum Gasteiger partial charge on any atom is -0.445 e. The van der Waals surface area contributed by atoms with Gasteiger partial charge in [0.05, 0.1) is 23.3 Å². The predicted octanol–water partition coefficient (Wildman–Crippen LogP) is 4.84. The largest absolute Gasteiger partial charge is 0.445 e. The molecule has 1 aliphatic rings. The summed E-state index contributed by atoms with van der Waals surface area (Å²) >= 11 is 0. The van der Waals surface area contributed by atoms with Gasteiger partial charge in [-0.1, -0.05) is 13.8 Å². The quantitative estimate of drug-likeness (QED) is 0.574. The molecular formula is C24H32F3N5O3. The van der Waals surface area contributed by atoms with Gasteiger partial charge in [-0.15, -0.1) is 0 Å². The number of H-pyrrole nitrogens is 1. The zero-order chi connectivity index (χ0) is 26.1. The fraction of sp³-hybridized carbons (Fsp3) is 0.542. The van der Waals surface area contributed by atoms with Crippen LogP contribution in [0.25, 0.3) is 0 Å². The van der Waals surface area contributed by atoms with Crippen LogP contribution < -0.4 is 5.32 Å². The molecule has 0 unspecified atom stereocenters. The van der Waals surface area contributed by atoms with Crippen molar-refractivity contribution in [2.75, 3.05) is 26.0 Å². The number of hydrogen-bond donors (Lipinski definition) is 2. The Kier molecular flexibility index (Phi) is 7.49. The van der Waals surface area contributed by atoms with Crippen molar-refractivity contribution in [2.45, 2.75) is 58.5 Å². The van der Waals surface area contributed by atoms with Crippen LogP contribution in [0.4, 0.5) is 23.8 Å². The van der Waals surface area contributed by atoms with E-state index in [1.165, 1.54) is 0 Å². The maximum Gasteiger partial charge on any atom is 0.416 e. The Bertz CT molecular complexity index is 1050. The van der Waals surface area contributed by atoms with Crippen LogP contribution in [0.3, 0.4) is 0 Å². The fourth-order valence-electron chi connectivity index (χ4n) is 4.20. The minimum atomic E-state index is -4.48. The van der Waals surface area contributed by atoms with Crippen molar-refractivity contribution in [2.24, 2.45) is 5.92 Å². The van der Waals surface area contributed by atoms with Crippen molar-refractivity contribution in [1.29, 1.82) is 0 Å². The van der Waals surface area contributed by atoms with E-state index < -0.39 is 29.3 Å². The van der Waals surface area contributed by atoms with Crippen LogP contribution in [0.15, 0.2) is 24.3 Å². The number of ether oxygens (including phenoxy) is 1. The number of nitrogens with zero attached hydrogens (tertiary/aromatic N) is 3. The molecule has 0 aliphatic carbocycles. The monoisotopic (exact) mass is 495 g/mol. The zero-order valence-corrected chi connectivity index (χ0v) is 20.8. The van der Waals surface area contributed by atoms with Crippen LogP contribution in [0, 0.1) is 5.92 Å². The summed E-state index contributed by atoms with van der Waals surface area (Å²) in [6, 6.07) is 3.93. The number of carbonyl (C=O) groups excluding carboxylic acids is 2. The van der Waals surface area contributed by atoms with Crippen molar-refractivity contribution in [3.8, 4) is 0 Å². The highest BCUT2D eigenvalue weighted by Crippen LogP contribution is 2.41. The number of anilines is 1. The molecule has 2 aromatic rings. The third kappa shape index (κ3) is 5.95. The highest BCUT2D eigenvalue weighted by molar-refractivity contribution is 6.04. The van der Waals surface area contributed by atoms with E-state index in [-0.39, 0.29) is 24.0 Å². The summed E-state index contributed by atoms with van der Waals surface area (Å²) in [6.45, 7) is 8.60. The number of amides is 2. The maximum atomic E-state index is 13.1. The zero-order valence-electron chi connectivity index (χ0n) is 20.8. The first kappa shape index (κ1) is 26.5. The molecule has 3 rings (SSSR count). The number of nitrogens with one attached hydrogen (secondary N) is 2. The van der Waals surface area contributed by atoms with Gasteiger partial charge < -0.3 is 15.0 Å². The summed E-state index contributed by atoms with van der Waals surface area (Å²) in [5, 5.41) is 9.70. The Balaban J connectivity index is 1.74. The topological polar surface area (TPSA) is 90.6 Å². The van der Waals surface area contributed by atoms with Crippen molar-refractivity contribution < 1.29 is 27.5 Å². The van der Waals surface area contributed by atoms with Gasteiger partial charge in [0.25, 0.3) is 5.91 Å². The lowest BCUT2D eigenvalue weighted by atomic mass is 10.0. The second-order valence-corrected chi connectivity index (χ2v) is 10.00. The number of alkyl halides is 3. The summed E-state index contributed by atoms with van der Waals surface area (Å²) in [5.41, 5.74) is -0.262. The van der Waals surface area contributed by atoms with Gasteiger partial charge in [-0.25, -0.2) is 4.79 Å². The minimum absolute atomic E-state index is 0.0588. The lowest BCUT2D eigenvalue weighted by Gasteiger charge is -2.33. The molecule has 1 atom stereocenters. The van der Waals surface area contributed by atoms with Gasteiger partial charge in [0.15, 0.2) is 5.82 Å². The number of aromatic amines is 1. The van der Waals surface area contributed by atoms with Gasteiger partial charge in [0, 0.05) is 17.7 Å². The molecule has 35 heavy (non-hydrogen) atoms. The Morgan fingerprint density at radius 1 is 1.23 bits per heavy atom. The SMILES string of the molecule is CC(C)C[C@@H](CN(C)C)OC(=O)N1Cc2c(NC(=O)c3ccc(C(F)(F)F)cc3)n[nH]c2C1(C)C. The number of carbonyl (C=O) groups is 2. The molecule has 0 saturated carbocycles. The van der Waals surface area contributed by atoms with Crippen molar-refractivity contribution in [1.82, 2.24) is 20.0 Å². The molecule has 0 fully saturated rings. The van der Waals surface area contributed by atoms with Gasteiger partial charge in [-0.3, -0.25) is 14.8 Å². The Hall–Kier alpha value is -3.08. The normalized spacial score (nSPS) is 15.9. The first-order valence-electron chi connectivity index (χ1n) is 11.4. The van der Waals surface area contributed by atoms with Gasteiger partial charge in [-0.2, -0.15) is 18.3 Å². The molecular weight excluding hydrogens is 463 g/mol. The molecule has 0 radical (unpaired) electrons. The van der Waals surface area contributed by atoms with E-state index in [1.807, 2.05) is 32.8 Å². The van der Waals surface area contributed by atoms with Crippen LogP contribution in [-0.4, -0.2) is 58.7 Å². The number of likely N-dealkylation sites (N-methyl/N-ethyl adjacent to an activating group) is 1. The second-order valence-electron chi connectivity index (χ2n) is 10.00. The van der Waals surface area contributed by atoms with Crippen LogP contribution in [0.5, 0.6) is 0 Å². The molecule has 0 bridgehead atoms. The molecule has 2 heterocycles. The summed E-state index contributed by atoms with van der Waals surface area (Å²) in [4.78, 5) is 29.3. The van der Waals surface area contributed by atoms with E-state index in [4.69, 9.17) is 4.74 Å². The van der Waals surface area contributed by atoms with Gasteiger partial charge in [0.2, 0.25) is 0 Å². The average molecular weight is 496 g/mol. The first-order valence-corrected chi connectivity index (χ1v) is 11.4. The summed E-state index contributed by atoms with van der Waals surface area (Å²) in [5.74, 6) is -0.0292. The molecule has 2 amide bonds. The van der Waals surface area contributed by atoms with Crippen LogP contribution >= 0.6 is 0 Å². The second kappa shape index (κ2) is 9.88. The highest BCUT2D eigenvalue weighted by Gasteiger charge is 2.45. The number of halogens is 3. The van der Waals surface area contributed by atoms with E-state index in [1.54, 1.807) is 4.90 Å². The smallest absolute Gasteiger partial charge is 0.416 e. The standard InChI is InChI=1S/C24H32F3N5O3/c1-14(2)11-17(12-31(5)6)35-22(34)32-13-18-19(23(32,3)4)29-30-20(18)28-21(33)15-7-9-16(10-8-15)24(25,26)27/h7-10,14,17H,11-13H2,1-6H3,(H2,28,29,30,33)/t17-/m0/s1. The highest BCUT2D eigenvalue weighted by atomic mass is 19.4.